The molecule has 3 N–H and O–H groups in total. The van der Waals surface area contributed by atoms with Crippen molar-refractivity contribution < 1.29 is 9.53 Å². The fourth-order valence-corrected chi connectivity index (χ4v) is 1.96. The Morgan fingerprint density at radius 3 is 2.35 bits per heavy atom. The van der Waals surface area contributed by atoms with E-state index in [1.807, 2.05) is 20.8 Å². The smallest absolute Gasteiger partial charge is 0.236 e. The number of carbonyl (C=O) groups is 1. The molecule has 0 aliphatic carbocycles. The summed E-state index contributed by atoms with van der Waals surface area (Å²) >= 11 is 6.22. The minimum absolute atomic E-state index is 0.0516. The quantitative estimate of drug-likeness (QED) is 0.868. The van der Waals surface area contributed by atoms with Crippen LogP contribution in [0.2, 0.25) is 5.02 Å². The minimum Gasteiger partial charge on any atom is -0.494 e. The molecular weight excluding hydrogens is 240 g/mol. The lowest BCUT2D eigenvalue weighted by atomic mass is 10.0. The highest BCUT2D eigenvalue weighted by atomic mass is 35.5. The molecule has 0 fully saturated rings. The van der Waals surface area contributed by atoms with Crippen LogP contribution in [0.5, 0.6) is 5.75 Å². The van der Waals surface area contributed by atoms with Gasteiger partial charge < -0.3 is 15.8 Å². The first-order valence-electron chi connectivity index (χ1n) is 5.25. The van der Waals surface area contributed by atoms with Crippen molar-refractivity contribution >= 4 is 23.2 Å². The minimum atomic E-state index is -0.430. The first-order chi connectivity index (χ1) is 7.90. The first kappa shape index (κ1) is 13.6. The summed E-state index contributed by atoms with van der Waals surface area (Å²) in [4.78, 5) is 10.8. The molecule has 0 radical (unpaired) electrons. The molecule has 0 saturated carbocycles. The lowest BCUT2D eigenvalue weighted by molar-refractivity contribution is -0.116. The number of halogens is 1. The average Bonchev–Trinajstić information content (AvgIpc) is 2.29. The number of methoxy groups -OCH3 is 1. The Kier molecular flexibility index (Phi) is 4.23. The van der Waals surface area contributed by atoms with E-state index in [0.717, 1.165) is 22.4 Å². The average molecular weight is 257 g/mol. The number of hydrogen-bond acceptors (Lipinski definition) is 3. The SMILES string of the molecule is COc1c(C)c(C)c(Cl)c(C)c1NCC(N)=O. The van der Waals surface area contributed by atoms with Crippen LogP contribution in [0.15, 0.2) is 0 Å². The molecule has 0 atom stereocenters. The Morgan fingerprint density at radius 2 is 1.88 bits per heavy atom. The molecular formula is C12H17ClN2O2. The van der Waals surface area contributed by atoms with Crippen LogP contribution in [0.4, 0.5) is 5.69 Å². The highest BCUT2D eigenvalue weighted by molar-refractivity contribution is 6.32. The molecule has 1 aromatic carbocycles. The van der Waals surface area contributed by atoms with E-state index >= 15 is 0 Å². The van der Waals surface area contributed by atoms with E-state index < -0.39 is 5.91 Å². The normalized spacial score (nSPS) is 10.2. The number of rotatable bonds is 4. The predicted molar refractivity (Wildman–Crippen MR) is 69.9 cm³/mol. The summed E-state index contributed by atoms with van der Waals surface area (Å²) in [5.41, 5.74) is 8.62. The maximum Gasteiger partial charge on any atom is 0.236 e. The number of hydrogen-bond donors (Lipinski definition) is 2. The number of ether oxygens (including phenoxy) is 1. The monoisotopic (exact) mass is 256 g/mol. The summed E-state index contributed by atoms with van der Waals surface area (Å²) < 4.78 is 5.35. The first-order valence-corrected chi connectivity index (χ1v) is 5.63. The van der Waals surface area contributed by atoms with Crippen LogP contribution >= 0.6 is 11.6 Å². The van der Waals surface area contributed by atoms with Crippen molar-refractivity contribution in [2.45, 2.75) is 20.8 Å². The topological polar surface area (TPSA) is 64.3 Å². The lowest BCUT2D eigenvalue weighted by Crippen LogP contribution is -2.22. The van der Waals surface area contributed by atoms with Gasteiger partial charge in [-0.15, -0.1) is 0 Å². The number of nitrogens with one attached hydrogen (secondary N) is 1. The van der Waals surface area contributed by atoms with Gasteiger partial charge in [-0.3, -0.25) is 4.79 Å². The molecule has 5 heteroatoms. The molecule has 0 aliphatic rings. The van der Waals surface area contributed by atoms with Gasteiger partial charge in [0.1, 0.15) is 5.75 Å². The summed E-state index contributed by atoms with van der Waals surface area (Å²) in [6, 6.07) is 0. The van der Waals surface area contributed by atoms with E-state index in [9.17, 15) is 4.79 Å². The molecule has 0 saturated heterocycles. The van der Waals surface area contributed by atoms with Gasteiger partial charge in [0, 0.05) is 5.02 Å². The van der Waals surface area contributed by atoms with Crippen LogP contribution in [0.3, 0.4) is 0 Å². The highest BCUT2D eigenvalue weighted by Gasteiger charge is 2.16. The van der Waals surface area contributed by atoms with Crippen molar-refractivity contribution in [3.8, 4) is 5.75 Å². The van der Waals surface area contributed by atoms with E-state index in [2.05, 4.69) is 5.32 Å². The van der Waals surface area contributed by atoms with Gasteiger partial charge >= 0.3 is 0 Å². The van der Waals surface area contributed by atoms with E-state index in [4.69, 9.17) is 22.1 Å². The number of primary amides is 1. The summed E-state index contributed by atoms with van der Waals surface area (Å²) in [6.07, 6.45) is 0. The molecule has 4 nitrogen and oxygen atoms in total. The van der Waals surface area contributed by atoms with Crippen LogP contribution in [0.1, 0.15) is 16.7 Å². The lowest BCUT2D eigenvalue weighted by Gasteiger charge is -2.19. The van der Waals surface area contributed by atoms with Gasteiger partial charge in [0.25, 0.3) is 0 Å². The predicted octanol–water partition coefficient (Wildman–Crippen LogP) is 2.17. The van der Waals surface area contributed by atoms with E-state index in [0.29, 0.717) is 10.8 Å². The van der Waals surface area contributed by atoms with E-state index in [1.165, 1.54) is 0 Å². The summed E-state index contributed by atoms with van der Waals surface area (Å²) in [7, 11) is 1.59. The van der Waals surface area contributed by atoms with Gasteiger partial charge in [0.2, 0.25) is 5.91 Å². The van der Waals surface area contributed by atoms with E-state index in [1.54, 1.807) is 7.11 Å². The molecule has 0 unspecified atom stereocenters. The summed E-state index contributed by atoms with van der Waals surface area (Å²) in [5.74, 6) is 0.270. The highest BCUT2D eigenvalue weighted by Crippen LogP contribution is 2.39. The summed E-state index contributed by atoms with van der Waals surface area (Å²) in [5, 5.41) is 3.63. The van der Waals surface area contributed by atoms with Gasteiger partial charge in [-0.05, 0) is 37.5 Å². The standard InChI is InChI=1S/C12H17ClN2O2/c1-6-7(2)12(17-4)11(8(3)10(6)13)15-5-9(14)16/h15H,5H2,1-4H3,(H2,14,16). The second-order valence-corrected chi connectivity index (χ2v) is 4.30. The summed E-state index contributed by atoms with van der Waals surface area (Å²) in [6.45, 7) is 5.79. The Hall–Kier alpha value is -1.42. The second-order valence-electron chi connectivity index (χ2n) is 3.92. The van der Waals surface area contributed by atoms with Crippen LogP contribution in [0.25, 0.3) is 0 Å². The molecule has 0 aliphatic heterocycles. The van der Waals surface area contributed by atoms with Crippen molar-refractivity contribution in [1.29, 1.82) is 0 Å². The Labute approximate surface area is 106 Å². The van der Waals surface area contributed by atoms with Crippen molar-refractivity contribution in [2.75, 3.05) is 19.0 Å². The van der Waals surface area contributed by atoms with Crippen LogP contribution in [0, 0.1) is 20.8 Å². The van der Waals surface area contributed by atoms with Gasteiger partial charge in [-0.2, -0.15) is 0 Å². The third-order valence-corrected chi connectivity index (χ3v) is 3.37. The Balaban J connectivity index is 3.31. The zero-order valence-electron chi connectivity index (χ0n) is 10.5. The molecule has 0 aromatic heterocycles. The molecule has 94 valence electrons. The van der Waals surface area contributed by atoms with Gasteiger partial charge in [0.05, 0.1) is 19.3 Å². The van der Waals surface area contributed by atoms with Crippen LogP contribution in [-0.4, -0.2) is 19.6 Å². The molecule has 1 aromatic rings. The van der Waals surface area contributed by atoms with Crippen molar-refractivity contribution in [1.82, 2.24) is 0 Å². The van der Waals surface area contributed by atoms with Crippen molar-refractivity contribution in [3.05, 3.63) is 21.7 Å². The number of benzene rings is 1. The Bertz CT molecular complexity index is 459. The second kappa shape index (κ2) is 5.27. The zero-order valence-corrected chi connectivity index (χ0v) is 11.2. The fraction of sp³-hybridized carbons (Fsp3) is 0.417. The number of amides is 1. The Morgan fingerprint density at radius 1 is 1.29 bits per heavy atom. The molecule has 0 heterocycles. The molecule has 1 amide bonds. The third-order valence-electron chi connectivity index (χ3n) is 2.81. The maximum absolute atomic E-state index is 10.8. The van der Waals surface area contributed by atoms with Crippen LogP contribution in [-0.2, 0) is 4.79 Å². The molecule has 1 rings (SSSR count). The number of carbonyl (C=O) groups excluding carboxylic acids is 1. The van der Waals surface area contributed by atoms with Crippen LogP contribution < -0.4 is 15.8 Å². The third kappa shape index (κ3) is 2.64. The van der Waals surface area contributed by atoms with Gasteiger partial charge in [-0.25, -0.2) is 0 Å². The fourth-order valence-electron chi connectivity index (χ4n) is 1.73. The number of anilines is 1. The molecule has 0 bridgehead atoms. The maximum atomic E-state index is 10.8. The van der Waals surface area contributed by atoms with Gasteiger partial charge in [0.15, 0.2) is 0 Å². The van der Waals surface area contributed by atoms with E-state index in [-0.39, 0.29) is 6.54 Å². The number of nitrogens with two attached hydrogens (primary N) is 1. The molecule has 17 heavy (non-hydrogen) atoms. The largest absolute Gasteiger partial charge is 0.494 e. The van der Waals surface area contributed by atoms with Crippen molar-refractivity contribution in [3.63, 3.8) is 0 Å². The van der Waals surface area contributed by atoms with Crippen molar-refractivity contribution in [2.24, 2.45) is 5.73 Å². The van der Waals surface area contributed by atoms with Gasteiger partial charge in [-0.1, -0.05) is 11.6 Å². The molecule has 0 spiro atoms. The zero-order chi connectivity index (χ0) is 13.2.